The second-order valence-electron chi connectivity index (χ2n) is 12.4. The minimum absolute atomic E-state index is 0.00252. The Labute approximate surface area is 190 Å². The molecule has 2 heteroatoms. The number of hydrogen-bond donors (Lipinski definition) is 1. The summed E-state index contributed by atoms with van der Waals surface area (Å²) in [5.41, 5.74) is 3.33. The van der Waals surface area contributed by atoms with Crippen LogP contribution in [0.4, 0.5) is 0 Å². The van der Waals surface area contributed by atoms with Gasteiger partial charge in [0.1, 0.15) is 0 Å². The Hall–Kier alpha value is -1.31. The first-order valence-corrected chi connectivity index (χ1v) is 12.8. The van der Waals surface area contributed by atoms with Gasteiger partial charge in [-0.25, -0.2) is 0 Å². The molecule has 0 aliphatic heterocycles. The van der Waals surface area contributed by atoms with Gasteiger partial charge in [0.2, 0.25) is 5.78 Å². The molecule has 0 heterocycles. The SMILES string of the molecule is C=C.CC1=C2CCC3C(C)(CCC4C5CC(C)CCC5(C)CCC43C)C2C=C(O)C1=O. The van der Waals surface area contributed by atoms with Crippen LogP contribution < -0.4 is 0 Å². The minimum atomic E-state index is -0.136. The van der Waals surface area contributed by atoms with Crippen LogP contribution in [-0.4, -0.2) is 10.9 Å². The van der Waals surface area contributed by atoms with E-state index in [0.29, 0.717) is 16.7 Å². The topological polar surface area (TPSA) is 37.3 Å². The Morgan fingerprint density at radius 3 is 2.39 bits per heavy atom. The van der Waals surface area contributed by atoms with E-state index in [-0.39, 0.29) is 22.9 Å². The Balaban J connectivity index is 0.00000112. The maximum absolute atomic E-state index is 12.4. The van der Waals surface area contributed by atoms with Crippen molar-refractivity contribution in [2.75, 3.05) is 0 Å². The summed E-state index contributed by atoms with van der Waals surface area (Å²) in [6.45, 7) is 18.2. The zero-order chi connectivity index (χ0) is 22.8. The van der Waals surface area contributed by atoms with Crippen molar-refractivity contribution in [2.45, 2.75) is 92.4 Å². The molecule has 4 saturated carbocycles. The van der Waals surface area contributed by atoms with Crippen molar-refractivity contribution in [1.29, 1.82) is 0 Å². The Morgan fingerprint density at radius 2 is 1.68 bits per heavy atom. The number of Topliss-reactive ketones (excluding diaryl/α,β-unsaturated/α-hetero) is 1. The quantitative estimate of drug-likeness (QED) is 0.402. The summed E-state index contributed by atoms with van der Waals surface area (Å²) in [6.07, 6.45) is 13.9. The molecule has 5 aliphatic rings. The fraction of sp³-hybridized carbons (Fsp3) is 0.759. The summed E-state index contributed by atoms with van der Waals surface area (Å²) < 4.78 is 0. The molecule has 31 heavy (non-hydrogen) atoms. The fourth-order valence-corrected chi connectivity index (χ4v) is 9.28. The van der Waals surface area contributed by atoms with Gasteiger partial charge in [-0.05, 0) is 104 Å². The minimum Gasteiger partial charge on any atom is -0.504 e. The molecule has 5 rings (SSSR count). The monoisotopic (exact) mass is 424 g/mol. The predicted molar refractivity (Wildman–Crippen MR) is 129 cm³/mol. The van der Waals surface area contributed by atoms with Crippen LogP contribution in [0.5, 0.6) is 0 Å². The van der Waals surface area contributed by atoms with Gasteiger partial charge in [-0.15, -0.1) is 13.2 Å². The van der Waals surface area contributed by atoms with Crippen molar-refractivity contribution in [1.82, 2.24) is 0 Å². The van der Waals surface area contributed by atoms with E-state index in [1.165, 1.54) is 56.9 Å². The molecule has 0 aromatic carbocycles. The average Bonchev–Trinajstić information content (AvgIpc) is 2.75. The molecule has 2 nitrogen and oxygen atoms in total. The van der Waals surface area contributed by atoms with E-state index in [2.05, 4.69) is 40.9 Å². The van der Waals surface area contributed by atoms with Crippen molar-refractivity contribution in [3.63, 3.8) is 0 Å². The number of aliphatic hydroxyl groups is 1. The van der Waals surface area contributed by atoms with E-state index in [1.807, 2.05) is 13.0 Å². The summed E-state index contributed by atoms with van der Waals surface area (Å²) >= 11 is 0. The number of carbonyl (C=O) groups excluding carboxylic acids is 1. The van der Waals surface area contributed by atoms with Crippen LogP contribution in [0.15, 0.2) is 36.1 Å². The molecule has 8 atom stereocenters. The smallest absolute Gasteiger partial charge is 0.222 e. The Morgan fingerprint density at radius 1 is 0.968 bits per heavy atom. The van der Waals surface area contributed by atoms with Gasteiger partial charge in [0.15, 0.2) is 5.76 Å². The second kappa shape index (κ2) is 7.63. The first kappa shape index (κ1) is 22.9. The third-order valence-corrected chi connectivity index (χ3v) is 11.1. The fourth-order valence-electron chi connectivity index (χ4n) is 9.28. The number of ketones is 1. The van der Waals surface area contributed by atoms with Crippen molar-refractivity contribution in [3.8, 4) is 0 Å². The highest BCUT2D eigenvalue weighted by molar-refractivity contribution is 6.07. The van der Waals surface area contributed by atoms with E-state index in [0.717, 1.165) is 29.7 Å². The van der Waals surface area contributed by atoms with E-state index >= 15 is 0 Å². The molecular weight excluding hydrogens is 380 g/mol. The molecule has 1 N–H and O–H groups in total. The van der Waals surface area contributed by atoms with Gasteiger partial charge in [-0.2, -0.15) is 0 Å². The number of carbonyl (C=O) groups is 1. The molecule has 0 bridgehead atoms. The summed E-state index contributed by atoms with van der Waals surface area (Å²) in [7, 11) is 0. The summed E-state index contributed by atoms with van der Waals surface area (Å²) in [6, 6.07) is 0. The molecule has 172 valence electrons. The lowest BCUT2D eigenvalue weighted by atomic mass is 9.37. The van der Waals surface area contributed by atoms with Crippen molar-refractivity contribution in [3.05, 3.63) is 36.1 Å². The van der Waals surface area contributed by atoms with Crippen molar-refractivity contribution < 1.29 is 9.90 Å². The first-order valence-electron chi connectivity index (χ1n) is 12.8. The van der Waals surface area contributed by atoms with Crippen LogP contribution in [0.2, 0.25) is 0 Å². The molecule has 4 fully saturated rings. The number of allylic oxidation sites excluding steroid dienone is 3. The lowest BCUT2D eigenvalue weighted by Crippen LogP contribution is -2.60. The summed E-state index contributed by atoms with van der Waals surface area (Å²) in [4.78, 5) is 12.4. The number of aliphatic hydroxyl groups excluding tert-OH is 1. The first-order chi connectivity index (χ1) is 14.6. The van der Waals surface area contributed by atoms with Gasteiger partial charge in [-0.1, -0.05) is 39.7 Å². The largest absolute Gasteiger partial charge is 0.504 e. The average molecular weight is 425 g/mol. The van der Waals surface area contributed by atoms with Crippen LogP contribution >= 0.6 is 0 Å². The predicted octanol–water partition coefficient (Wildman–Crippen LogP) is 7.81. The molecule has 5 aliphatic carbocycles. The van der Waals surface area contributed by atoms with E-state index in [4.69, 9.17) is 0 Å². The molecule has 0 spiro atoms. The molecule has 0 saturated heterocycles. The Bertz CT molecular complexity index is 821. The van der Waals surface area contributed by atoms with E-state index in [1.54, 1.807) is 0 Å². The molecule has 0 aromatic rings. The van der Waals surface area contributed by atoms with Crippen molar-refractivity contribution in [2.24, 2.45) is 45.8 Å². The van der Waals surface area contributed by atoms with Crippen LogP contribution in [-0.2, 0) is 4.79 Å². The second-order valence-corrected chi connectivity index (χ2v) is 12.4. The van der Waals surface area contributed by atoms with Crippen LogP contribution in [0, 0.1) is 45.8 Å². The molecule has 0 amide bonds. The maximum Gasteiger partial charge on any atom is 0.222 e. The van der Waals surface area contributed by atoms with Crippen LogP contribution in [0.1, 0.15) is 92.4 Å². The maximum atomic E-state index is 12.4. The third-order valence-electron chi connectivity index (χ3n) is 11.1. The number of rotatable bonds is 0. The Kier molecular flexibility index (Phi) is 5.63. The van der Waals surface area contributed by atoms with E-state index < -0.39 is 0 Å². The van der Waals surface area contributed by atoms with Gasteiger partial charge in [0, 0.05) is 11.5 Å². The van der Waals surface area contributed by atoms with Crippen LogP contribution in [0.25, 0.3) is 0 Å². The molecule has 8 unspecified atom stereocenters. The highest BCUT2D eigenvalue weighted by Gasteiger charge is 2.63. The molecule has 0 aromatic heterocycles. The zero-order valence-corrected chi connectivity index (χ0v) is 20.6. The summed E-state index contributed by atoms with van der Waals surface area (Å²) in [5, 5.41) is 10.4. The summed E-state index contributed by atoms with van der Waals surface area (Å²) in [5.74, 6) is 3.47. The van der Waals surface area contributed by atoms with Crippen molar-refractivity contribution >= 4 is 5.78 Å². The van der Waals surface area contributed by atoms with Gasteiger partial charge < -0.3 is 5.11 Å². The third kappa shape index (κ3) is 3.14. The lowest BCUT2D eigenvalue weighted by molar-refractivity contribution is -0.171. The van der Waals surface area contributed by atoms with Crippen LogP contribution in [0.3, 0.4) is 0 Å². The van der Waals surface area contributed by atoms with E-state index in [9.17, 15) is 9.90 Å². The zero-order valence-electron chi connectivity index (χ0n) is 20.6. The van der Waals surface area contributed by atoms with Gasteiger partial charge in [0.25, 0.3) is 0 Å². The number of hydrogen-bond acceptors (Lipinski definition) is 2. The lowest BCUT2D eigenvalue weighted by Gasteiger charge is -2.68. The molecule has 0 radical (unpaired) electrons. The normalized spacial score (nSPS) is 48.9. The van der Waals surface area contributed by atoms with Gasteiger partial charge in [0.05, 0.1) is 0 Å². The highest BCUT2D eigenvalue weighted by atomic mass is 16.3. The highest BCUT2D eigenvalue weighted by Crippen LogP contribution is 2.71. The standard InChI is InChI=1S/C27H40O2.C2H4/c1-16-8-10-25(3)12-13-27(5)19(21(25)14-16)9-11-26(4)20-15-22(28)24(29)17(2)18(20)6-7-23(26)27;1-2/h15-16,19-21,23,28H,6-14H2,1-5H3;1-2H2. The number of fused-ring (bicyclic) bond motifs is 7. The van der Waals surface area contributed by atoms with Gasteiger partial charge >= 0.3 is 0 Å². The molecular formula is C29H44O2. The van der Waals surface area contributed by atoms with Gasteiger partial charge in [-0.3, -0.25) is 4.79 Å².